The second-order valence-electron chi connectivity index (χ2n) is 4.43. The molecule has 3 N–H and O–H groups in total. The summed E-state index contributed by atoms with van der Waals surface area (Å²) in [6, 6.07) is 4.38. The molecule has 0 atom stereocenters. The zero-order valence-corrected chi connectivity index (χ0v) is 11.5. The number of hydrogen-bond acceptors (Lipinski definition) is 4. The van der Waals surface area contributed by atoms with Crippen LogP contribution in [0.3, 0.4) is 0 Å². The summed E-state index contributed by atoms with van der Waals surface area (Å²) >= 11 is 0. The second kappa shape index (κ2) is 6.00. The zero-order chi connectivity index (χ0) is 15.4. The van der Waals surface area contributed by atoms with Crippen LogP contribution in [0, 0.1) is 13.8 Å². The van der Waals surface area contributed by atoms with E-state index in [1.807, 2.05) is 6.92 Å². The lowest BCUT2D eigenvalue weighted by Gasteiger charge is -2.10. The number of rotatable bonds is 3. The molecule has 0 bridgehead atoms. The number of aromatic nitrogens is 2. The Labute approximate surface area is 121 Å². The quantitative estimate of drug-likeness (QED) is 0.803. The van der Waals surface area contributed by atoms with Gasteiger partial charge in [0.2, 0.25) is 0 Å². The van der Waals surface area contributed by atoms with E-state index in [9.17, 15) is 9.59 Å². The summed E-state index contributed by atoms with van der Waals surface area (Å²) < 4.78 is 0. The van der Waals surface area contributed by atoms with Crippen LogP contribution in [0.15, 0.2) is 30.6 Å². The van der Waals surface area contributed by atoms with Gasteiger partial charge in [-0.3, -0.25) is 9.97 Å². The third-order valence-electron chi connectivity index (χ3n) is 2.72. The number of pyridine rings is 2. The monoisotopic (exact) mass is 286 g/mol. The van der Waals surface area contributed by atoms with E-state index in [0.717, 1.165) is 5.69 Å². The first-order chi connectivity index (χ1) is 9.95. The Morgan fingerprint density at radius 3 is 2.57 bits per heavy atom. The number of nitrogens with zero attached hydrogens (tertiary/aromatic N) is 2. The van der Waals surface area contributed by atoms with Crippen molar-refractivity contribution in [1.82, 2.24) is 9.97 Å². The van der Waals surface area contributed by atoms with Crippen molar-refractivity contribution < 1.29 is 14.7 Å². The molecule has 0 spiro atoms. The molecule has 2 rings (SSSR count). The number of carbonyl (C=O) groups excluding carboxylic acids is 1. The summed E-state index contributed by atoms with van der Waals surface area (Å²) in [5.74, 6) is -1.11. The number of carbonyl (C=O) groups is 2. The van der Waals surface area contributed by atoms with Crippen molar-refractivity contribution in [3.63, 3.8) is 0 Å². The fourth-order valence-corrected chi connectivity index (χ4v) is 1.73. The summed E-state index contributed by atoms with van der Waals surface area (Å²) in [4.78, 5) is 30.7. The van der Waals surface area contributed by atoms with E-state index < -0.39 is 12.0 Å². The first-order valence-electron chi connectivity index (χ1n) is 6.16. The summed E-state index contributed by atoms with van der Waals surface area (Å²) in [5.41, 5.74) is 2.44. The van der Waals surface area contributed by atoms with Crippen LogP contribution in [0.4, 0.5) is 16.2 Å². The average molecular weight is 286 g/mol. The smallest absolute Gasteiger partial charge is 0.337 e. The highest BCUT2D eigenvalue weighted by Crippen LogP contribution is 2.14. The number of hydrogen-bond donors (Lipinski definition) is 3. The van der Waals surface area contributed by atoms with Gasteiger partial charge in [0.05, 0.1) is 28.8 Å². The molecule has 0 aromatic carbocycles. The van der Waals surface area contributed by atoms with Crippen LogP contribution < -0.4 is 10.6 Å². The molecular weight excluding hydrogens is 272 g/mol. The molecule has 7 nitrogen and oxygen atoms in total. The molecule has 2 aromatic rings. The molecule has 2 amide bonds. The van der Waals surface area contributed by atoms with Crippen molar-refractivity contribution in [1.29, 1.82) is 0 Å². The lowest BCUT2D eigenvalue weighted by Crippen LogP contribution is -2.20. The van der Waals surface area contributed by atoms with E-state index in [1.54, 1.807) is 19.1 Å². The number of carboxylic acid groups (broad SMARTS) is 1. The highest BCUT2D eigenvalue weighted by molar-refractivity contribution is 6.00. The van der Waals surface area contributed by atoms with E-state index in [-0.39, 0.29) is 5.56 Å². The number of aromatic carboxylic acids is 1. The average Bonchev–Trinajstić information content (AvgIpc) is 2.42. The summed E-state index contributed by atoms with van der Waals surface area (Å²) in [6.45, 7) is 3.65. The van der Waals surface area contributed by atoms with Gasteiger partial charge in [-0.1, -0.05) is 0 Å². The van der Waals surface area contributed by atoms with E-state index >= 15 is 0 Å². The van der Waals surface area contributed by atoms with E-state index in [1.165, 1.54) is 18.5 Å². The fraction of sp³-hybridized carbons (Fsp3) is 0.143. The summed E-state index contributed by atoms with van der Waals surface area (Å²) in [6.07, 6.45) is 2.58. The van der Waals surface area contributed by atoms with E-state index in [4.69, 9.17) is 5.11 Å². The van der Waals surface area contributed by atoms with Gasteiger partial charge in [-0.15, -0.1) is 0 Å². The molecule has 0 saturated heterocycles. The molecule has 0 aliphatic carbocycles. The van der Waals surface area contributed by atoms with Crippen molar-refractivity contribution >= 4 is 23.4 Å². The number of amides is 2. The van der Waals surface area contributed by atoms with Crippen LogP contribution in [0.2, 0.25) is 0 Å². The number of urea groups is 1. The SMILES string of the molecule is Cc1ccc(NC(=O)Nc2cncc(C(=O)O)c2)c(C)n1. The van der Waals surface area contributed by atoms with Gasteiger partial charge in [0, 0.05) is 11.9 Å². The molecule has 2 heterocycles. The second-order valence-corrected chi connectivity index (χ2v) is 4.43. The van der Waals surface area contributed by atoms with E-state index in [2.05, 4.69) is 20.6 Å². The van der Waals surface area contributed by atoms with Crippen molar-refractivity contribution in [2.24, 2.45) is 0 Å². The Balaban J connectivity index is 2.08. The molecule has 0 radical (unpaired) electrons. The summed E-state index contributed by atoms with van der Waals surface area (Å²) in [7, 11) is 0. The molecule has 2 aromatic heterocycles. The third kappa shape index (κ3) is 3.75. The van der Waals surface area contributed by atoms with Crippen LogP contribution in [0.1, 0.15) is 21.7 Å². The molecule has 108 valence electrons. The maximum atomic E-state index is 11.9. The van der Waals surface area contributed by atoms with Gasteiger partial charge in [0.1, 0.15) is 0 Å². The van der Waals surface area contributed by atoms with E-state index in [0.29, 0.717) is 17.1 Å². The Morgan fingerprint density at radius 1 is 1.14 bits per heavy atom. The predicted octanol–water partition coefficient (Wildman–Crippen LogP) is 2.44. The lowest BCUT2D eigenvalue weighted by atomic mass is 10.2. The molecule has 0 saturated carbocycles. The number of carboxylic acids is 1. The predicted molar refractivity (Wildman–Crippen MR) is 77.5 cm³/mol. The van der Waals surface area contributed by atoms with Gasteiger partial charge in [-0.05, 0) is 32.0 Å². The number of anilines is 2. The van der Waals surface area contributed by atoms with Gasteiger partial charge in [0.25, 0.3) is 0 Å². The number of nitrogens with one attached hydrogen (secondary N) is 2. The van der Waals surface area contributed by atoms with Gasteiger partial charge in [-0.2, -0.15) is 0 Å². The molecule has 21 heavy (non-hydrogen) atoms. The van der Waals surface area contributed by atoms with Crippen LogP contribution in [0.5, 0.6) is 0 Å². The Bertz CT molecular complexity index is 700. The molecular formula is C14H14N4O3. The first kappa shape index (κ1) is 14.4. The minimum absolute atomic E-state index is 0.000910. The van der Waals surface area contributed by atoms with Crippen LogP contribution in [-0.4, -0.2) is 27.1 Å². The van der Waals surface area contributed by atoms with Gasteiger partial charge >= 0.3 is 12.0 Å². The van der Waals surface area contributed by atoms with Crippen LogP contribution >= 0.6 is 0 Å². The Hall–Kier alpha value is -2.96. The van der Waals surface area contributed by atoms with Crippen molar-refractivity contribution in [2.75, 3.05) is 10.6 Å². The Morgan fingerprint density at radius 2 is 1.90 bits per heavy atom. The standard InChI is InChI=1S/C14H14N4O3/c1-8-3-4-12(9(2)16-8)18-14(21)17-11-5-10(13(19)20)6-15-7-11/h3-7H,1-2H3,(H,19,20)(H2,17,18,21). The highest BCUT2D eigenvalue weighted by atomic mass is 16.4. The van der Waals surface area contributed by atoms with Crippen molar-refractivity contribution in [2.45, 2.75) is 13.8 Å². The topological polar surface area (TPSA) is 104 Å². The minimum atomic E-state index is -1.11. The maximum absolute atomic E-state index is 11.9. The largest absolute Gasteiger partial charge is 0.478 e. The van der Waals surface area contributed by atoms with Gasteiger partial charge in [0.15, 0.2) is 0 Å². The van der Waals surface area contributed by atoms with Gasteiger partial charge in [-0.25, -0.2) is 9.59 Å². The number of aryl methyl sites for hydroxylation is 2. The fourth-order valence-electron chi connectivity index (χ4n) is 1.73. The first-order valence-corrected chi connectivity index (χ1v) is 6.16. The molecule has 0 aliphatic rings. The lowest BCUT2D eigenvalue weighted by molar-refractivity contribution is 0.0696. The Kier molecular flexibility index (Phi) is 4.13. The molecule has 0 aliphatic heterocycles. The normalized spacial score (nSPS) is 10.0. The minimum Gasteiger partial charge on any atom is -0.478 e. The van der Waals surface area contributed by atoms with Crippen molar-refractivity contribution in [3.05, 3.63) is 47.5 Å². The van der Waals surface area contributed by atoms with Crippen LogP contribution in [0.25, 0.3) is 0 Å². The molecule has 0 fully saturated rings. The highest BCUT2D eigenvalue weighted by Gasteiger charge is 2.08. The van der Waals surface area contributed by atoms with Crippen LogP contribution in [-0.2, 0) is 0 Å². The molecule has 0 unspecified atom stereocenters. The van der Waals surface area contributed by atoms with Crippen molar-refractivity contribution in [3.8, 4) is 0 Å². The summed E-state index contributed by atoms with van der Waals surface area (Å²) in [5, 5.41) is 14.0. The van der Waals surface area contributed by atoms with Gasteiger partial charge < -0.3 is 15.7 Å². The molecule has 7 heteroatoms. The zero-order valence-electron chi connectivity index (χ0n) is 11.5. The third-order valence-corrected chi connectivity index (χ3v) is 2.72. The maximum Gasteiger partial charge on any atom is 0.337 e.